The van der Waals surface area contributed by atoms with E-state index in [1.54, 1.807) is 0 Å². The molecule has 0 aromatic rings. The lowest BCUT2D eigenvalue weighted by Gasteiger charge is -2.46. The van der Waals surface area contributed by atoms with E-state index < -0.39 is 5.97 Å². The Morgan fingerprint density at radius 2 is 2.00 bits per heavy atom. The summed E-state index contributed by atoms with van der Waals surface area (Å²) in [4.78, 5) is 13.1. The number of aliphatic carboxylic acids is 1. The minimum absolute atomic E-state index is 0.113. The maximum Gasteiger partial charge on any atom is 0.305 e. The van der Waals surface area contributed by atoms with Crippen LogP contribution in [0.4, 0.5) is 0 Å². The standard InChI is InChI=1S/C12H23NO2/c1-9-5-6-12(13(3)4,7-10(9)2)8-11(14)15/h9-10H,5-8H2,1-4H3,(H,14,15). The van der Waals surface area contributed by atoms with Crippen LogP contribution in [-0.2, 0) is 4.79 Å². The van der Waals surface area contributed by atoms with Gasteiger partial charge in [0.05, 0.1) is 6.42 Å². The molecule has 0 saturated heterocycles. The molecule has 0 bridgehead atoms. The van der Waals surface area contributed by atoms with Gasteiger partial charge >= 0.3 is 5.97 Å². The zero-order valence-corrected chi connectivity index (χ0v) is 10.3. The molecule has 15 heavy (non-hydrogen) atoms. The van der Waals surface area contributed by atoms with Crippen molar-refractivity contribution in [2.75, 3.05) is 14.1 Å². The average Bonchev–Trinajstić information content (AvgIpc) is 2.10. The number of hydrogen-bond acceptors (Lipinski definition) is 2. The first-order valence-electron chi connectivity index (χ1n) is 5.76. The van der Waals surface area contributed by atoms with Gasteiger partial charge in [-0.1, -0.05) is 13.8 Å². The molecule has 0 heterocycles. The highest BCUT2D eigenvalue weighted by Gasteiger charge is 2.40. The van der Waals surface area contributed by atoms with Crippen molar-refractivity contribution >= 4 is 5.97 Å². The van der Waals surface area contributed by atoms with Crippen LogP contribution in [0.1, 0.15) is 39.5 Å². The number of carbonyl (C=O) groups is 1. The Bertz CT molecular complexity index is 240. The smallest absolute Gasteiger partial charge is 0.305 e. The molecular formula is C12H23NO2. The molecule has 1 rings (SSSR count). The molecule has 3 heteroatoms. The van der Waals surface area contributed by atoms with Crippen molar-refractivity contribution in [1.29, 1.82) is 0 Å². The summed E-state index contributed by atoms with van der Waals surface area (Å²) in [5, 5.41) is 9.01. The number of carboxylic acids is 1. The van der Waals surface area contributed by atoms with Gasteiger partial charge in [-0.25, -0.2) is 0 Å². The van der Waals surface area contributed by atoms with Crippen molar-refractivity contribution in [1.82, 2.24) is 4.90 Å². The monoisotopic (exact) mass is 213 g/mol. The van der Waals surface area contributed by atoms with Crippen LogP contribution >= 0.6 is 0 Å². The molecule has 0 aromatic heterocycles. The van der Waals surface area contributed by atoms with Crippen LogP contribution in [0.15, 0.2) is 0 Å². The summed E-state index contributed by atoms with van der Waals surface area (Å²) in [6.07, 6.45) is 3.44. The Hall–Kier alpha value is -0.570. The predicted molar refractivity (Wildman–Crippen MR) is 60.8 cm³/mol. The Balaban J connectivity index is 2.78. The second-order valence-corrected chi connectivity index (χ2v) is 5.39. The molecule has 0 radical (unpaired) electrons. The average molecular weight is 213 g/mol. The van der Waals surface area contributed by atoms with Gasteiger partial charge in [0.25, 0.3) is 0 Å². The molecule has 1 fully saturated rings. The van der Waals surface area contributed by atoms with Crippen molar-refractivity contribution < 1.29 is 9.90 Å². The summed E-state index contributed by atoms with van der Waals surface area (Å²) < 4.78 is 0. The second kappa shape index (κ2) is 4.52. The zero-order chi connectivity index (χ0) is 11.6. The first kappa shape index (κ1) is 12.5. The molecule has 1 aliphatic carbocycles. The molecule has 3 nitrogen and oxygen atoms in total. The molecule has 0 aromatic carbocycles. The van der Waals surface area contributed by atoms with E-state index in [9.17, 15) is 4.79 Å². The van der Waals surface area contributed by atoms with Gasteiger partial charge < -0.3 is 10.0 Å². The summed E-state index contributed by atoms with van der Waals surface area (Å²) in [7, 11) is 4.01. The maximum atomic E-state index is 10.9. The van der Waals surface area contributed by atoms with Crippen LogP contribution in [0.5, 0.6) is 0 Å². The highest BCUT2D eigenvalue weighted by molar-refractivity contribution is 5.68. The van der Waals surface area contributed by atoms with E-state index in [4.69, 9.17) is 5.11 Å². The van der Waals surface area contributed by atoms with Crippen molar-refractivity contribution in [3.05, 3.63) is 0 Å². The first-order valence-corrected chi connectivity index (χ1v) is 5.76. The first-order chi connectivity index (χ1) is 6.87. The van der Waals surface area contributed by atoms with E-state index in [-0.39, 0.29) is 12.0 Å². The van der Waals surface area contributed by atoms with Crippen LogP contribution < -0.4 is 0 Å². The predicted octanol–water partition coefficient (Wildman–Crippen LogP) is 2.22. The summed E-state index contributed by atoms with van der Waals surface area (Å²) in [5.41, 5.74) is -0.113. The Morgan fingerprint density at radius 3 is 2.40 bits per heavy atom. The third-order valence-electron chi connectivity index (χ3n) is 4.17. The SMILES string of the molecule is CC1CCC(CC(=O)O)(N(C)C)CC1C. The molecule has 1 saturated carbocycles. The third-order valence-corrected chi connectivity index (χ3v) is 4.17. The van der Waals surface area contributed by atoms with Gasteiger partial charge in [-0.15, -0.1) is 0 Å². The lowest BCUT2D eigenvalue weighted by atomic mass is 9.69. The molecule has 1 aliphatic rings. The summed E-state index contributed by atoms with van der Waals surface area (Å²) in [6, 6.07) is 0. The van der Waals surface area contributed by atoms with Gasteiger partial charge in [-0.05, 0) is 45.2 Å². The van der Waals surface area contributed by atoms with E-state index in [0.717, 1.165) is 25.2 Å². The van der Waals surface area contributed by atoms with E-state index in [1.165, 1.54) is 0 Å². The highest BCUT2D eigenvalue weighted by atomic mass is 16.4. The maximum absolute atomic E-state index is 10.9. The van der Waals surface area contributed by atoms with Crippen molar-refractivity contribution in [2.24, 2.45) is 11.8 Å². The molecule has 0 aliphatic heterocycles. The topological polar surface area (TPSA) is 40.5 Å². The molecule has 88 valence electrons. The lowest BCUT2D eigenvalue weighted by Crippen LogP contribution is -2.50. The van der Waals surface area contributed by atoms with Gasteiger partial charge in [0, 0.05) is 5.54 Å². The van der Waals surface area contributed by atoms with Crippen molar-refractivity contribution in [3.8, 4) is 0 Å². The summed E-state index contributed by atoms with van der Waals surface area (Å²) in [6.45, 7) is 4.51. The quantitative estimate of drug-likeness (QED) is 0.781. The molecule has 0 spiro atoms. The van der Waals surface area contributed by atoms with Gasteiger partial charge in [0.1, 0.15) is 0 Å². The van der Waals surface area contributed by atoms with Gasteiger partial charge in [0.2, 0.25) is 0 Å². The third kappa shape index (κ3) is 2.71. The lowest BCUT2D eigenvalue weighted by molar-refractivity contribution is -0.141. The number of nitrogens with zero attached hydrogens (tertiary/aromatic N) is 1. The minimum Gasteiger partial charge on any atom is -0.481 e. The van der Waals surface area contributed by atoms with E-state index in [0.29, 0.717) is 5.92 Å². The van der Waals surface area contributed by atoms with E-state index >= 15 is 0 Å². The fourth-order valence-corrected chi connectivity index (χ4v) is 2.69. The van der Waals surface area contributed by atoms with Gasteiger partial charge in [-0.3, -0.25) is 4.79 Å². The number of carboxylic acid groups (broad SMARTS) is 1. The van der Waals surface area contributed by atoms with Crippen LogP contribution in [0.25, 0.3) is 0 Å². The van der Waals surface area contributed by atoms with E-state index in [1.807, 2.05) is 14.1 Å². The van der Waals surface area contributed by atoms with Crippen LogP contribution in [-0.4, -0.2) is 35.6 Å². The van der Waals surface area contributed by atoms with Gasteiger partial charge in [0.15, 0.2) is 0 Å². The second-order valence-electron chi connectivity index (χ2n) is 5.39. The Labute approximate surface area is 92.5 Å². The van der Waals surface area contributed by atoms with E-state index in [2.05, 4.69) is 18.7 Å². The fourth-order valence-electron chi connectivity index (χ4n) is 2.69. The fraction of sp³-hybridized carbons (Fsp3) is 0.917. The van der Waals surface area contributed by atoms with Crippen LogP contribution in [0, 0.1) is 11.8 Å². The number of hydrogen-bond donors (Lipinski definition) is 1. The van der Waals surface area contributed by atoms with Crippen LogP contribution in [0.2, 0.25) is 0 Å². The summed E-state index contributed by atoms with van der Waals surface area (Å²) >= 11 is 0. The molecule has 3 atom stereocenters. The van der Waals surface area contributed by atoms with Crippen molar-refractivity contribution in [3.63, 3.8) is 0 Å². The zero-order valence-electron chi connectivity index (χ0n) is 10.3. The molecule has 3 unspecified atom stereocenters. The van der Waals surface area contributed by atoms with Crippen molar-refractivity contribution in [2.45, 2.75) is 45.1 Å². The van der Waals surface area contributed by atoms with Gasteiger partial charge in [-0.2, -0.15) is 0 Å². The number of rotatable bonds is 3. The normalized spacial score (nSPS) is 36.9. The Morgan fingerprint density at radius 1 is 1.40 bits per heavy atom. The summed E-state index contributed by atoms with van der Waals surface area (Å²) in [5.74, 6) is 0.679. The molecular weight excluding hydrogens is 190 g/mol. The minimum atomic E-state index is -0.676. The Kier molecular flexibility index (Phi) is 3.77. The van der Waals surface area contributed by atoms with Crippen LogP contribution in [0.3, 0.4) is 0 Å². The highest BCUT2D eigenvalue weighted by Crippen LogP contribution is 2.40. The molecule has 0 amide bonds. The molecule has 1 N–H and O–H groups in total. The largest absolute Gasteiger partial charge is 0.481 e.